The average molecular weight is 1510 g/mol. The number of hydrogen-bond donors (Lipinski definition) is 19. The SMILES string of the molecule is C[C@@H]1O[C@@H](O[C@H]2[C@H](OC(=O)[C@]34CCC(C)(C)C[C@H]3C3=CC[C@@H]5[C@@]6(C)CC[C@H](O[C@@H]7O[C@H](C(=O)O)[C@@H](O)[C@H](O[C@@H]8OC[C@@H](O)[C@H](O)[C@H]8O)[C@H]7O[C@@H]7O[C@H](CO)[C@H](O)[C@H](O)[C@H]7O)[C@@](C)(C=O)[C@@H]6CC[C@@]5(C)[C@]3(C)C[C@H]4O)O[C@H](C)[C@H](O)[C@@H]2O)[C@H](O)[C@H](O)[C@H]1O[C@@H]1OC[C@@H](O)[C@H](O[C@@H]2OC[C@](O)(CO)[C@H]2O)[C@H]1O. The minimum atomic E-state index is -2.22. The molecule has 19 N–H and O–H groups in total. The standard InChI is InChI=1S/C69H108O36/c1-25-36(76)40(80)51(103-57-44(84)41(81)47(26(2)96-57)99-56-46(86)48(30(74)21-93-56)100-61-53(87)68(91,23-72)24-94-61)59(95-25)105-62(90)69-16-15-63(3,4)17-28(69)27-9-10-33-64(5)13-12-35(65(6,22-71)32(64)11-14-66(33,7)67(27,8)18-34(69)75)98-60-52(104-58-43(83)39(79)38(78)31(19-70)97-58)49(45(85)50(102-60)54(88)89)101-55-42(82)37(77)29(73)20-92-55/h9,22,25-26,28-53,55-61,70,72-87,91H,10-21,23-24H2,1-8H3,(H,88,89)/t25-,26+,28+,29-,30-,31-,32-,33-,34-,35+,36+,37+,38+,39+,40+,41+,42-,43-,44-,45+,46-,47+,48+,49+,50+,51-,52-,53+,55+,56+,57+,58+,59+,60-,61+,64+,65+,66-,67-,68-,69-/m1/s1. The third kappa shape index (κ3) is 13.8. The molecule has 0 bridgehead atoms. The summed E-state index contributed by atoms with van der Waals surface area (Å²) in [7, 11) is 0. The van der Waals surface area contributed by atoms with Gasteiger partial charge in [0, 0.05) is 0 Å². The number of allylic oxidation sites excluding steroid dienone is 2. The number of ether oxygens (including phenoxy) is 14. The molecule has 7 aliphatic heterocycles. The fraction of sp³-hybridized carbons (Fsp3) is 0.928. The lowest BCUT2D eigenvalue weighted by molar-refractivity contribution is -0.391. The van der Waals surface area contributed by atoms with E-state index in [1.165, 1.54) is 13.8 Å². The fourth-order valence-corrected chi connectivity index (χ4v) is 20.0. The molecule has 0 unspecified atom stereocenters. The van der Waals surface area contributed by atoms with Gasteiger partial charge in [-0.25, -0.2) is 4.79 Å². The van der Waals surface area contributed by atoms with E-state index >= 15 is 4.79 Å². The Kier molecular flexibility index (Phi) is 23.5. The van der Waals surface area contributed by atoms with Crippen LogP contribution in [0.1, 0.15) is 113 Å². The minimum Gasteiger partial charge on any atom is -0.479 e. The smallest absolute Gasteiger partial charge is 0.335 e. The van der Waals surface area contributed by atoms with Gasteiger partial charge < -0.3 is 168 Å². The molecule has 0 spiro atoms. The summed E-state index contributed by atoms with van der Waals surface area (Å²) in [5.41, 5.74) is -6.89. The largest absolute Gasteiger partial charge is 0.479 e. The van der Waals surface area contributed by atoms with E-state index in [9.17, 15) is 107 Å². The minimum absolute atomic E-state index is 0.0426. The van der Waals surface area contributed by atoms with Crippen molar-refractivity contribution in [3.63, 3.8) is 0 Å². The van der Waals surface area contributed by atoms with Gasteiger partial charge in [-0.05, 0) is 111 Å². The maximum atomic E-state index is 15.7. The molecule has 5 aliphatic carbocycles. The van der Waals surface area contributed by atoms with Gasteiger partial charge in [-0.15, -0.1) is 0 Å². The van der Waals surface area contributed by atoms with E-state index in [0.29, 0.717) is 38.5 Å². The predicted octanol–water partition coefficient (Wildman–Crippen LogP) is -6.35. The number of carboxylic acid groups (broad SMARTS) is 1. The number of rotatable bonds is 18. The van der Waals surface area contributed by atoms with Crippen LogP contribution in [-0.4, -0.2) is 351 Å². The number of aldehydes is 1. The lowest BCUT2D eigenvalue weighted by Gasteiger charge is -2.71. The Hall–Kier alpha value is -2.89. The molecule has 0 aromatic heterocycles. The number of hydrogen-bond acceptors (Lipinski definition) is 35. The summed E-state index contributed by atoms with van der Waals surface area (Å²) in [6.45, 7) is 11.6. The zero-order chi connectivity index (χ0) is 76.7. The van der Waals surface area contributed by atoms with Gasteiger partial charge in [0.2, 0.25) is 6.29 Å². The highest BCUT2D eigenvalue weighted by atomic mass is 16.8. The summed E-state index contributed by atoms with van der Waals surface area (Å²) in [5.74, 6) is -4.03. The second-order valence-electron chi connectivity index (χ2n) is 33.3. The van der Waals surface area contributed by atoms with Crippen LogP contribution in [-0.2, 0) is 80.7 Å². The van der Waals surface area contributed by atoms with Crippen molar-refractivity contribution in [2.45, 2.75) is 315 Å². The molecule has 4 saturated carbocycles. The first-order valence-corrected chi connectivity index (χ1v) is 36.4. The van der Waals surface area contributed by atoms with Crippen molar-refractivity contribution in [2.24, 2.45) is 50.2 Å². The zero-order valence-corrected chi connectivity index (χ0v) is 59.7. The molecule has 36 heteroatoms. The average Bonchev–Trinajstić information content (AvgIpc) is 0.867. The molecular weight excluding hydrogens is 1400 g/mol. The number of fused-ring (bicyclic) bond motifs is 7. The second-order valence-corrected chi connectivity index (χ2v) is 33.3. The van der Waals surface area contributed by atoms with Gasteiger partial charge in [0.15, 0.2) is 49.9 Å². The maximum Gasteiger partial charge on any atom is 0.335 e. The van der Waals surface area contributed by atoms with Crippen LogP contribution < -0.4 is 0 Å². The van der Waals surface area contributed by atoms with Crippen LogP contribution in [0.2, 0.25) is 0 Å². The molecule has 11 fully saturated rings. The van der Waals surface area contributed by atoms with Crippen molar-refractivity contribution in [1.29, 1.82) is 0 Å². The monoisotopic (exact) mass is 1510 g/mol. The van der Waals surface area contributed by atoms with Crippen LogP contribution in [0.4, 0.5) is 0 Å². The van der Waals surface area contributed by atoms with Crippen molar-refractivity contribution in [1.82, 2.24) is 0 Å². The molecule has 105 heavy (non-hydrogen) atoms. The molecule has 0 radical (unpaired) electrons. The normalized spacial score (nSPS) is 55.0. The number of carbonyl (C=O) groups excluding carboxylic acids is 2. The number of carboxylic acids is 1. The Bertz CT molecular complexity index is 3100. The van der Waals surface area contributed by atoms with Crippen LogP contribution in [0.25, 0.3) is 0 Å². The Morgan fingerprint density at radius 1 is 0.543 bits per heavy atom. The van der Waals surface area contributed by atoms with Gasteiger partial charge in [-0.3, -0.25) is 4.79 Å². The van der Waals surface area contributed by atoms with Crippen molar-refractivity contribution < 1.29 is 178 Å². The summed E-state index contributed by atoms with van der Waals surface area (Å²) in [6, 6.07) is 0. The lowest BCUT2D eigenvalue weighted by atomic mass is 9.33. The van der Waals surface area contributed by atoms with Crippen LogP contribution in [0.5, 0.6) is 0 Å². The van der Waals surface area contributed by atoms with E-state index in [2.05, 4.69) is 40.7 Å². The second kappa shape index (κ2) is 30.2. The third-order valence-electron chi connectivity index (χ3n) is 26.6. The molecule has 600 valence electrons. The van der Waals surface area contributed by atoms with Crippen LogP contribution in [0, 0.1) is 50.2 Å². The van der Waals surface area contributed by atoms with Crippen molar-refractivity contribution >= 4 is 18.2 Å². The number of aliphatic hydroxyl groups is 18. The molecule has 36 nitrogen and oxygen atoms in total. The van der Waals surface area contributed by atoms with Gasteiger partial charge in [-0.1, -0.05) is 53.2 Å². The molecule has 7 heterocycles. The molecular formula is C69H108O36. The number of esters is 1. The first-order chi connectivity index (χ1) is 49.2. The Balaban J connectivity index is 0.777. The van der Waals surface area contributed by atoms with Crippen LogP contribution in [0.15, 0.2) is 11.6 Å². The first-order valence-electron chi connectivity index (χ1n) is 36.4. The summed E-state index contributed by atoms with van der Waals surface area (Å²) in [4.78, 5) is 43.0. The van der Waals surface area contributed by atoms with E-state index in [4.69, 9.17) is 66.3 Å². The Morgan fingerprint density at radius 3 is 1.80 bits per heavy atom. The Morgan fingerprint density at radius 2 is 1.14 bits per heavy atom. The zero-order valence-electron chi connectivity index (χ0n) is 59.7. The van der Waals surface area contributed by atoms with E-state index in [1.54, 1.807) is 6.92 Å². The van der Waals surface area contributed by atoms with Crippen molar-refractivity contribution in [3.05, 3.63) is 11.6 Å². The van der Waals surface area contributed by atoms with Crippen LogP contribution in [0.3, 0.4) is 0 Å². The molecule has 7 saturated heterocycles. The van der Waals surface area contributed by atoms with E-state index in [1.807, 2.05) is 0 Å². The third-order valence-corrected chi connectivity index (χ3v) is 26.6. The lowest BCUT2D eigenvalue weighted by Crippen LogP contribution is -2.69. The molecule has 0 aromatic carbocycles. The first kappa shape index (κ1) is 81.6. The van der Waals surface area contributed by atoms with Crippen molar-refractivity contribution in [3.8, 4) is 0 Å². The molecule has 12 rings (SSSR count). The van der Waals surface area contributed by atoms with Crippen LogP contribution >= 0.6 is 0 Å². The van der Waals surface area contributed by atoms with Gasteiger partial charge >= 0.3 is 11.9 Å². The van der Waals surface area contributed by atoms with Gasteiger partial charge in [0.25, 0.3) is 0 Å². The van der Waals surface area contributed by atoms with E-state index < -0.39 is 292 Å². The highest BCUT2D eigenvalue weighted by molar-refractivity contribution is 5.80. The molecule has 41 atom stereocenters. The summed E-state index contributed by atoms with van der Waals surface area (Å²) >= 11 is 0. The van der Waals surface area contributed by atoms with E-state index in [-0.39, 0.29) is 25.2 Å². The highest BCUT2D eigenvalue weighted by Crippen LogP contribution is 2.76. The fourth-order valence-electron chi connectivity index (χ4n) is 20.0. The topological polar surface area (TPSA) is 565 Å². The number of aliphatic hydroxyl groups excluding tert-OH is 17. The predicted molar refractivity (Wildman–Crippen MR) is 342 cm³/mol. The molecule has 12 aliphatic rings. The number of aliphatic carboxylic acids is 1. The Labute approximate surface area is 604 Å². The molecule has 0 aromatic rings. The maximum absolute atomic E-state index is 15.7. The van der Waals surface area contributed by atoms with E-state index in [0.717, 1.165) is 11.9 Å². The summed E-state index contributed by atoms with van der Waals surface area (Å²) < 4.78 is 83.4. The summed E-state index contributed by atoms with van der Waals surface area (Å²) in [6.07, 6.45) is -51.1. The van der Waals surface area contributed by atoms with Crippen molar-refractivity contribution in [2.75, 3.05) is 33.0 Å². The van der Waals surface area contributed by atoms with Gasteiger partial charge in [0.1, 0.15) is 133 Å². The quantitative estimate of drug-likeness (QED) is 0.0263. The summed E-state index contributed by atoms with van der Waals surface area (Å²) in [5, 5.41) is 209. The highest BCUT2D eigenvalue weighted by Gasteiger charge is 2.73. The molecule has 0 amide bonds. The van der Waals surface area contributed by atoms with Gasteiger partial charge in [0.05, 0.1) is 62.9 Å². The van der Waals surface area contributed by atoms with Gasteiger partial charge in [-0.2, -0.15) is 0 Å². The number of carbonyl (C=O) groups is 3.